The van der Waals surface area contributed by atoms with Gasteiger partial charge >= 0.3 is 6.18 Å². The summed E-state index contributed by atoms with van der Waals surface area (Å²) in [6, 6.07) is 3.67. The van der Waals surface area contributed by atoms with E-state index in [1.807, 2.05) is 0 Å². The van der Waals surface area contributed by atoms with Crippen molar-refractivity contribution in [3.8, 4) is 0 Å². The summed E-state index contributed by atoms with van der Waals surface area (Å²) in [5.41, 5.74) is 4.24. The maximum atomic E-state index is 12.7. The monoisotopic (exact) mass is 297 g/mol. The van der Waals surface area contributed by atoms with E-state index in [4.69, 9.17) is 5.73 Å². The fourth-order valence-electron chi connectivity index (χ4n) is 1.38. The number of nitrogens with two attached hydrogens (primary N) is 1. The van der Waals surface area contributed by atoms with E-state index >= 15 is 0 Å². The van der Waals surface area contributed by atoms with Gasteiger partial charge in [0, 0.05) is 4.47 Å². The predicted octanol–water partition coefficient (Wildman–Crippen LogP) is 2.85. The third-order valence-electron chi connectivity index (χ3n) is 2.12. The Hall–Kier alpha value is -0.590. The Morgan fingerprint density at radius 3 is 2.50 bits per heavy atom. The number of alkyl halides is 3. The largest absolute Gasteiger partial charge is 0.416 e. The molecule has 1 rings (SSSR count). The van der Waals surface area contributed by atoms with Gasteiger partial charge in [0.1, 0.15) is 0 Å². The molecule has 1 aromatic rings. The predicted molar refractivity (Wildman–Crippen MR) is 57.8 cm³/mol. The summed E-state index contributed by atoms with van der Waals surface area (Å²) in [5.74, 6) is 0. The van der Waals surface area contributed by atoms with Gasteiger partial charge in [-0.05, 0) is 30.7 Å². The molecule has 0 heterocycles. The lowest BCUT2D eigenvalue weighted by atomic mass is 10.00. The molecule has 2 nitrogen and oxygen atoms in total. The molecule has 0 saturated carbocycles. The lowest BCUT2D eigenvalue weighted by Gasteiger charge is -2.17. The number of halogens is 4. The van der Waals surface area contributed by atoms with E-state index in [9.17, 15) is 18.3 Å². The van der Waals surface area contributed by atoms with Gasteiger partial charge in [-0.25, -0.2) is 0 Å². The van der Waals surface area contributed by atoms with Gasteiger partial charge in [-0.15, -0.1) is 0 Å². The fraction of sp³-hybridized carbons (Fsp3) is 0.400. The second kappa shape index (κ2) is 5.16. The molecule has 1 aromatic carbocycles. The van der Waals surface area contributed by atoms with E-state index in [1.165, 1.54) is 12.1 Å². The van der Waals surface area contributed by atoms with Gasteiger partial charge in [-0.3, -0.25) is 0 Å². The van der Waals surface area contributed by atoms with Gasteiger partial charge in [-0.2, -0.15) is 13.2 Å². The zero-order chi connectivity index (χ0) is 12.3. The van der Waals surface area contributed by atoms with E-state index in [0.717, 1.165) is 6.07 Å². The second-order valence-corrected chi connectivity index (χ2v) is 4.24. The quantitative estimate of drug-likeness (QED) is 0.901. The Kier molecular flexibility index (Phi) is 4.35. The van der Waals surface area contributed by atoms with E-state index in [2.05, 4.69) is 15.9 Å². The van der Waals surface area contributed by atoms with Crippen molar-refractivity contribution in [3.05, 3.63) is 33.8 Å². The molecule has 16 heavy (non-hydrogen) atoms. The van der Waals surface area contributed by atoms with Crippen LogP contribution in [0.1, 0.15) is 23.7 Å². The number of rotatable bonds is 3. The molecule has 1 unspecified atom stereocenters. The molecule has 0 aromatic heterocycles. The Bertz CT molecular complexity index is 368. The minimum absolute atomic E-state index is 0.102. The molecular formula is C10H11BrF3NO. The van der Waals surface area contributed by atoms with Crippen LogP contribution in [0.25, 0.3) is 0 Å². The zero-order valence-corrected chi connectivity index (χ0v) is 9.85. The van der Waals surface area contributed by atoms with Crippen molar-refractivity contribution in [1.82, 2.24) is 0 Å². The fourth-order valence-corrected chi connectivity index (χ4v) is 1.74. The summed E-state index contributed by atoms with van der Waals surface area (Å²) < 4.78 is 38.3. The molecule has 0 aliphatic carbocycles. The summed E-state index contributed by atoms with van der Waals surface area (Å²) in [4.78, 5) is 0. The van der Waals surface area contributed by atoms with Crippen LogP contribution in [-0.2, 0) is 6.18 Å². The molecule has 0 bridgehead atoms. The Morgan fingerprint density at radius 2 is 2.00 bits per heavy atom. The van der Waals surface area contributed by atoms with Gasteiger partial charge in [0.2, 0.25) is 0 Å². The zero-order valence-electron chi connectivity index (χ0n) is 8.26. The summed E-state index contributed by atoms with van der Waals surface area (Å²) >= 11 is 2.97. The number of aliphatic hydroxyl groups excluding tert-OH is 1. The molecule has 0 aliphatic heterocycles. The topological polar surface area (TPSA) is 46.2 Å². The molecule has 1 atom stereocenters. The van der Waals surface area contributed by atoms with Crippen LogP contribution in [0.15, 0.2) is 22.7 Å². The standard InChI is InChI=1S/C10H11BrF3NO/c11-6-1-2-7(9(16)3-4-15)8(5-6)10(12,13)14/h1-2,5,9,16H,3-4,15H2. The molecule has 0 aliphatic rings. The molecule has 0 amide bonds. The van der Waals surface area contributed by atoms with Crippen LogP contribution in [0.4, 0.5) is 13.2 Å². The first-order valence-corrected chi connectivity index (χ1v) is 5.40. The molecule has 0 spiro atoms. The maximum Gasteiger partial charge on any atom is 0.416 e. The summed E-state index contributed by atoms with van der Waals surface area (Å²) in [7, 11) is 0. The van der Waals surface area contributed by atoms with Crippen LogP contribution in [0.2, 0.25) is 0 Å². The summed E-state index contributed by atoms with van der Waals surface area (Å²) in [5, 5.41) is 9.56. The van der Waals surface area contributed by atoms with Crippen molar-refractivity contribution in [2.75, 3.05) is 6.54 Å². The highest BCUT2D eigenvalue weighted by atomic mass is 79.9. The number of hydrogen-bond acceptors (Lipinski definition) is 2. The average Bonchev–Trinajstić information content (AvgIpc) is 2.16. The molecule has 0 saturated heterocycles. The summed E-state index contributed by atoms with van der Waals surface area (Å²) in [6.07, 6.45) is -5.56. The van der Waals surface area contributed by atoms with Gasteiger partial charge in [0.25, 0.3) is 0 Å². The van der Waals surface area contributed by atoms with E-state index < -0.39 is 17.8 Å². The first-order chi connectivity index (χ1) is 7.36. The van der Waals surface area contributed by atoms with Crippen LogP contribution in [0, 0.1) is 0 Å². The van der Waals surface area contributed by atoms with E-state index in [1.54, 1.807) is 0 Å². The normalized spacial score (nSPS) is 13.9. The number of aliphatic hydroxyl groups is 1. The van der Waals surface area contributed by atoms with Crippen molar-refractivity contribution < 1.29 is 18.3 Å². The van der Waals surface area contributed by atoms with Crippen molar-refractivity contribution in [2.45, 2.75) is 18.7 Å². The molecular weight excluding hydrogens is 287 g/mol. The highest BCUT2D eigenvalue weighted by Crippen LogP contribution is 2.36. The lowest BCUT2D eigenvalue weighted by Crippen LogP contribution is -2.14. The van der Waals surface area contributed by atoms with Crippen molar-refractivity contribution in [3.63, 3.8) is 0 Å². The van der Waals surface area contributed by atoms with Crippen LogP contribution < -0.4 is 5.73 Å². The SMILES string of the molecule is NCCC(O)c1ccc(Br)cc1C(F)(F)F. The van der Waals surface area contributed by atoms with Crippen molar-refractivity contribution in [2.24, 2.45) is 5.73 Å². The van der Waals surface area contributed by atoms with Crippen LogP contribution in [-0.4, -0.2) is 11.7 Å². The van der Waals surface area contributed by atoms with Crippen LogP contribution in [0.5, 0.6) is 0 Å². The first kappa shape index (κ1) is 13.5. The third kappa shape index (κ3) is 3.20. The Morgan fingerprint density at radius 1 is 1.38 bits per heavy atom. The lowest BCUT2D eigenvalue weighted by molar-refractivity contribution is -0.139. The third-order valence-corrected chi connectivity index (χ3v) is 2.61. The van der Waals surface area contributed by atoms with Crippen molar-refractivity contribution in [1.29, 1.82) is 0 Å². The maximum absolute atomic E-state index is 12.7. The minimum Gasteiger partial charge on any atom is -0.388 e. The van der Waals surface area contributed by atoms with Gasteiger partial charge in [0.15, 0.2) is 0 Å². The highest BCUT2D eigenvalue weighted by Gasteiger charge is 2.34. The van der Waals surface area contributed by atoms with Gasteiger partial charge in [0.05, 0.1) is 11.7 Å². The molecule has 0 radical (unpaired) electrons. The molecule has 6 heteroatoms. The molecule has 90 valence electrons. The smallest absolute Gasteiger partial charge is 0.388 e. The number of benzene rings is 1. The number of hydrogen-bond donors (Lipinski definition) is 2. The first-order valence-electron chi connectivity index (χ1n) is 4.61. The molecule has 0 fully saturated rings. The van der Waals surface area contributed by atoms with E-state index in [0.29, 0.717) is 4.47 Å². The van der Waals surface area contributed by atoms with E-state index in [-0.39, 0.29) is 18.5 Å². The second-order valence-electron chi connectivity index (χ2n) is 3.32. The minimum atomic E-state index is -4.48. The molecule has 3 N–H and O–H groups in total. The van der Waals surface area contributed by atoms with Crippen LogP contribution >= 0.6 is 15.9 Å². The Balaban J connectivity index is 3.18. The van der Waals surface area contributed by atoms with Gasteiger partial charge in [-0.1, -0.05) is 22.0 Å². The summed E-state index contributed by atoms with van der Waals surface area (Å²) in [6.45, 7) is 0.133. The van der Waals surface area contributed by atoms with Gasteiger partial charge < -0.3 is 10.8 Å². The average molecular weight is 298 g/mol. The highest BCUT2D eigenvalue weighted by molar-refractivity contribution is 9.10. The Labute approximate surface area is 99.4 Å². The van der Waals surface area contributed by atoms with Crippen molar-refractivity contribution >= 4 is 15.9 Å². The van der Waals surface area contributed by atoms with Crippen LogP contribution in [0.3, 0.4) is 0 Å².